The van der Waals surface area contributed by atoms with Crippen molar-refractivity contribution in [2.24, 2.45) is 0 Å². The fourth-order valence-electron chi connectivity index (χ4n) is 2.70. The van der Waals surface area contributed by atoms with E-state index >= 15 is 0 Å². The van der Waals surface area contributed by atoms with Crippen LogP contribution in [0.1, 0.15) is 6.42 Å². The van der Waals surface area contributed by atoms with Crippen molar-refractivity contribution in [2.75, 3.05) is 20.2 Å². The van der Waals surface area contributed by atoms with Gasteiger partial charge in [-0.3, -0.25) is 0 Å². The number of H-pyrrole nitrogens is 1. The lowest BCUT2D eigenvalue weighted by Crippen LogP contribution is -2.28. The van der Waals surface area contributed by atoms with E-state index in [1.54, 1.807) is 24.4 Å². The molecule has 0 aliphatic carbocycles. The van der Waals surface area contributed by atoms with E-state index < -0.39 is 15.8 Å². The monoisotopic (exact) mass is 501 g/mol. The van der Waals surface area contributed by atoms with Gasteiger partial charge in [-0.1, -0.05) is 17.7 Å². The molecule has 0 atom stereocenters. The molecule has 1 aromatic heterocycles. The number of aromatic amines is 1. The van der Waals surface area contributed by atoms with Crippen molar-refractivity contribution in [3.8, 4) is 22.6 Å². The Bertz CT molecular complexity index is 1140. The van der Waals surface area contributed by atoms with Crippen LogP contribution in [0.25, 0.3) is 22.6 Å². The first-order chi connectivity index (χ1) is 13.7. The second-order valence-electron chi connectivity index (χ2n) is 6.31. The summed E-state index contributed by atoms with van der Waals surface area (Å²) in [5.74, 6) is 0.0206. The van der Waals surface area contributed by atoms with Gasteiger partial charge < -0.3 is 10.1 Å². The minimum atomic E-state index is -3.83. The van der Waals surface area contributed by atoms with Gasteiger partial charge in [-0.15, -0.1) is 0 Å². The summed E-state index contributed by atoms with van der Waals surface area (Å²) in [6.45, 7) is 0.0544. The van der Waals surface area contributed by atoms with Gasteiger partial charge in [0.25, 0.3) is 0 Å². The summed E-state index contributed by atoms with van der Waals surface area (Å²) in [6, 6.07) is 9.26. The molecule has 6 nitrogen and oxygen atoms in total. The normalized spacial score (nSPS) is 11.9. The van der Waals surface area contributed by atoms with Gasteiger partial charge >= 0.3 is 0 Å². The highest BCUT2D eigenvalue weighted by atomic mass is 79.9. The van der Waals surface area contributed by atoms with E-state index in [0.29, 0.717) is 33.5 Å². The molecule has 2 N–H and O–H groups in total. The van der Waals surface area contributed by atoms with E-state index in [-0.39, 0.29) is 23.1 Å². The molecule has 3 aromatic rings. The fourth-order valence-corrected chi connectivity index (χ4v) is 4.65. The molecular weight excluding hydrogens is 485 g/mol. The second kappa shape index (κ2) is 8.93. The molecule has 2 aromatic carbocycles. The van der Waals surface area contributed by atoms with Crippen molar-refractivity contribution in [1.82, 2.24) is 14.3 Å². The van der Waals surface area contributed by atoms with E-state index in [1.807, 2.05) is 0 Å². The average Bonchev–Trinajstić information content (AvgIpc) is 3.18. The summed E-state index contributed by atoms with van der Waals surface area (Å²) >= 11 is 9.26. The lowest BCUT2D eigenvalue weighted by atomic mass is 10.2. The van der Waals surface area contributed by atoms with Crippen molar-refractivity contribution < 1.29 is 17.9 Å². The minimum Gasteiger partial charge on any atom is -0.396 e. The van der Waals surface area contributed by atoms with Crippen LogP contribution in [0.4, 0.5) is 4.39 Å². The Morgan fingerprint density at radius 2 is 1.97 bits per heavy atom. The predicted molar refractivity (Wildman–Crippen MR) is 114 cm³/mol. The molecule has 10 heteroatoms. The average molecular weight is 503 g/mol. The number of halogens is 3. The lowest BCUT2D eigenvalue weighted by molar-refractivity contribution is 0.275. The van der Waals surface area contributed by atoms with Gasteiger partial charge in [-0.2, -0.15) is 0 Å². The number of hydrogen-bond donors (Lipinski definition) is 2. The second-order valence-corrected chi connectivity index (χ2v) is 9.59. The van der Waals surface area contributed by atoms with E-state index in [4.69, 9.17) is 16.7 Å². The third kappa shape index (κ3) is 4.70. The van der Waals surface area contributed by atoms with Crippen LogP contribution in [0, 0.1) is 5.82 Å². The molecule has 0 fully saturated rings. The zero-order valence-corrected chi connectivity index (χ0v) is 18.5. The van der Waals surface area contributed by atoms with Crippen LogP contribution in [0.5, 0.6) is 0 Å². The fraction of sp³-hybridized carbons (Fsp3) is 0.211. The molecule has 0 unspecified atom stereocenters. The zero-order valence-electron chi connectivity index (χ0n) is 15.4. The van der Waals surface area contributed by atoms with Crippen LogP contribution in [-0.2, 0) is 10.0 Å². The minimum absolute atomic E-state index is 0.0512. The summed E-state index contributed by atoms with van der Waals surface area (Å²) in [6.07, 6.45) is 1.94. The van der Waals surface area contributed by atoms with Crippen LogP contribution >= 0.6 is 27.5 Å². The maximum absolute atomic E-state index is 13.8. The standard InChI is InChI=1S/C19H18BrClFN3O3S/c1-25(7-2-8-26)29(27,28)18-10-13(4-6-15(18)21)19-23-11-17(24-19)12-3-5-14(20)16(22)9-12/h3-6,9-11,26H,2,7-8H2,1H3,(H,23,24). The first-order valence-electron chi connectivity index (χ1n) is 8.62. The summed E-state index contributed by atoms with van der Waals surface area (Å²) in [7, 11) is -2.40. The number of rotatable bonds is 7. The molecule has 3 rings (SSSR count). The highest BCUT2D eigenvalue weighted by molar-refractivity contribution is 9.10. The van der Waals surface area contributed by atoms with Crippen molar-refractivity contribution in [3.05, 3.63) is 57.9 Å². The van der Waals surface area contributed by atoms with Crippen molar-refractivity contribution in [1.29, 1.82) is 0 Å². The number of nitrogens with one attached hydrogen (secondary N) is 1. The molecule has 0 saturated carbocycles. The molecule has 0 saturated heterocycles. The highest BCUT2D eigenvalue weighted by Gasteiger charge is 2.24. The molecule has 154 valence electrons. The molecule has 0 aliphatic rings. The number of sulfonamides is 1. The van der Waals surface area contributed by atoms with E-state index in [2.05, 4.69) is 25.9 Å². The van der Waals surface area contributed by atoms with Crippen LogP contribution in [0.2, 0.25) is 5.02 Å². The molecule has 0 aliphatic heterocycles. The first-order valence-corrected chi connectivity index (χ1v) is 11.2. The van der Waals surface area contributed by atoms with Gasteiger partial charge in [0.15, 0.2) is 0 Å². The lowest BCUT2D eigenvalue weighted by Gasteiger charge is -2.18. The topological polar surface area (TPSA) is 86.3 Å². The molecule has 0 spiro atoms. The molecule has 0 bridgehead atoms. The quantitative estimate of drug-likeness (QED) is 0.504. The first kappa shape index (κ1) is 21.9. The number of aliphatic hydroxyl groups excluding tert-OH is 1. The van der Waals surface area contributed by atoms with Gasteiger partial charge in [0.2, 0.25) is 10.0 Å². The number of aliphatic hydroxyl groups is 1. The Kier molecular flexibility index (Phi) is 6.75. The largest absolute Gasteiger partial charge is 0.396 e. The number of imidazole rings is 1. The SMILES string of the molecule is CN(CCCO)S(=O)(=O)c1cc(-c2nc(-c3ccc(Br)c(F)c3)c[nH]2)ccc1Cl. The zero-order chi connectivity index (χ0) is 21.2. The van der Waals surface area contributed by atoms with Crippen LogP contribution in [-0.4, -0.2) is 48.0 Å². The third-order valence-electron chi connectivity index (χ3n) is 4.32. The van der Waals surface area contributed by atoms with Crippen molar-refractivity contribution in [2.45, 2.75) is 11.3 Å². The number of nitrogens with zero attached hydrogens (tertiary/aromatic N) is 2. The number of hydrogen-bond acceptors (Lipinski definition) is 4. The Morgan fingerprint density at radius 1 is 1.24 bits per heavy atom. The summed E-state index contributed by atoms with van der Waals surface area (Å²) in [5.41, 5.74) is 1.62. The molecule has 29 heavy (non-hydrogen) atoms. The smallest absolute Gasteiger partial charge is 0.244 e. The Hall–Kier alpha value is -1.78. The molecular formula is C19H18BrClFN3O3S. The van der Waals surface area contributed by atoms with Gasteiger partial charge in [-0.25, -0.2) is 22.1 Å². The summed E-state index contributed by atoms with van der Waals surface area (Å²) in [4.78, 5) is 7.38. The van der Waals surface area contributed by atoms with Gasteiger partial charge in [0, 0.05) is 37.5 Å². The van der Waals surface area contributed by atoms with Crippen molar-refractivity contribution >= 4 is 37.6 Å². The van der Waals surface area contributed by atoms with Crippen LogP contribution in [0.3, 0.4) is 0 Å². The van der Waals surface area contributed by atoms with Crippen LogP contribution in [0.15, 0.2) is 52.0 Å². The molecule has 0 radical (unpaired) electrons. The van der Waals surface area contributed by atoms with Gasteiger partial charge in [0.1, 0.15) is 16.5 Å². The maximum atomic E-state index is 13.8. The van der Waals surface area contributed by atoms with Gasteiger partial charge in [-0.05, 0) is 52.7 Å². The summed E-state index contributed by atoms with van der Waals surface area (Å²) < 4.78 is 40.9. The molecule has 1 heterocycles. The maximum Gasteiger partial charge on any atom is 0.244 e. The van der Waals surface area contributed by atoms with E-state index in [1.165, 1.54) is 25.2 Å². The predicted octanol–water partition coefficient (Wildman–Crippen LogP) is 4.30. The number of benzene rings is 2. The van der Waals surface area contributed by atoms with E-state index in [9.17, 15) is 12.8 Å². The Labute approximate surface area is 181 Å². The Morgan fingerprint density at radius 3 is 2.66 bits per heavy atom. The molecule has 0 amide bonds. The van der Waals surface area contributed by atoms with E-state index in [0.717, 1.165) is 4.31 Å². The highest BCUT2D eigenvalue weighted by Crippen LogP contribution is 2.30. The summed E-state index contributed by atoms with van der Waals surface area (Å²) in [5, 5.41) is 9.03. The van der Waals surface area contributed by atoms with Gasteiger partial charge in [0.05, 0.1) is 15.2 Å². The van der Waals surface area contributed by atoms with Crippen molar-refractivity contribution in [3.63, 3.8) is 0 Å². The third-order valence-corrected chi connectivity index (χ3v) is 7.30. The van der Waals surface area contributed by atoms with Crippen LogP contribution < -0.4 is 0 Å². The number of aromatic nitrogens is 2. The Balaban J connectivity index is 1.96.